The van der Waals surface area contributed by atoms with Gasteiger partial charge in [-0.3, -0.25) is 0 Å². The molecule has 2 aromatic heterocycles. The van der Waals surface area contributed by atoms with Gasteiger partial charge in [-0.05, 0) is 42.5 Å². The van der Waals surface area contributed by atoms with Crippen molar-refractivity contribution in [3.05, 3.63) is 72.5 Å². The summed E-state index contributed by atoms with van der Waals surface area (Å²) >= 11 is 0. The van der Waals surface area contributed by atoms with Crippen LogP contribution in [0.1, 0.15) is 20.3 Å². The van der Waals surface area contributed by atoms with E-state index >= 15 is 0 Å². The van der Waals surface area contributed by atoms with Gasteiger partial charge >= 0.3 is 0 Å². The van der Waals surface area contributed by atoms with E-state index in [1.54, 1.807) is 12.1 Å². The van der Waals surface area contributed by atoms with E-state index in [-0.39, 0.29) is 5.82 Å². The van der Waals surface area contributed by atoms with Crippen molar-refractivity contribution in [1.29, 1.82) is 0 Å². The monoisotopic (exact) mass is 400 g/mol. The standard InChI is InChI=1S/C25H25FN4/c1-17-12-18(2)16-29(15-17)25-14-22(19-6-4-3-5-7-19)27-24-13-23(28-30(24)25)20-8-10-21(26)11-9-20/h3-11,13-14,17-18H,12,15-16H2,1-2H3. The van der Waals surface area contributed by atoms with E-state index in [2.05, 4.69) is 36.9 Å². The summed E-state index contributed by atoms with van der Waals surface area (Å²) in [5, 5.41) is 4.86. The van der Waals surface area contributed by atoms with Crippen LogP contribution < -0.4 is 4.90 Å². The topological polar surface area (TPSA) is 33.4 Å². The first-order valence-electron chi connectivity index (χ1n) is 10.5. The molecule has 4 nitrogen and oxygen atoms in total. The highest BCUT2D eigenvalue weighted by atomic mass is 19.1. The number of halogens is 1. The lowest BCUT2D eigenvalue weighted by atomic mass is 9.92. The van der Waals surface area contributed by atoms with Crippen LogP contribution in [0.4, 0.5) is 10.2 Å². The average molecular weight is 401 g/mol. The molecule has 152 valence electrons. The molecule has 5 heteroatoms. The number of anilines is 1. The summed E-state index contributed by atoms with van der Waals surface area (Å²) in [4.78, 5) is 7.33. The number of hydrogen-bond donors (Lipinski definition) is 0. The molecule has 0 amide bonds. The zero-order valence-electron chi connectivity index (χ0n) is 17.3. The first kappa shape index (κ1) is 18.8. The van der Waals surface area contributed by atoms with Gasteiger partial charge in [0.1, 0.15) is 11.6 Å². The third-order valence-electron chi connectivity index (χ3n) is 5.81. The van der Waals surface area contributed by atoms with E-state index in [9.17, 15) is 4.39 Å². The molecule has 5 rings (SSSR count). The Morgan fingerprint density at radius 1 is 0.833 bits per heavy atom. The highest BCUT2D eigenvalue weighted by molar-refractivity contribution is 5.71. The molecule has 0 N–H and O–H groups in total. The number of aromatic nitrogens is 3. The van der Waals surface area contributed by atoms with Gasteiger partial charge in [-0.25, -0.2) is 9.37 Å². The van der Waals surface area contributed by atoms with Crippen LogP contribution in [-0.2, 0) is 0 Å². The second-order valence-corrected chi connectivity index (χ2v) is 8.52. The highest BCUT2D eigenvalue weighted by Crippen LogP contribution is 2.31. The molecule has 1 saturated heterocycles. The van der Waals surface area contributed by atoms with E-state index in [1.165, 1.54) is 18.6 Å². The van der Waals surface area contributed by atoms with Gasteiger partial charge in [-0.2, -0.15) is 9.61 Å². The van der Waals surface area contributed by atoms with E-state index < -0.39 is 0 Å². The Balaban J connectivity index is 1.67. The molecule has 1 aliphatic rings. The fourth-order valence-electron chi connectivity index (χ4n) is 4.55. The molecule has 1 aliphatic heterocycles. The molecule has 2 atom stereocenters. The van der Waals surface area contributed by atoms with Crippen molar-refractivity contribution in [3.8, 4) is 22.5 Å². The maximum atomic E-state index is 13.4. The molecular weight excluding hydrogens is 375 g/mol. The molecule has 30 heavy (non-hydrogen) atoms. The number of piperidine rings is 1. The normalized spacial score (nSPS) is 19.4. The summed E-state index contributed by atoms with van der Waals surface area (Å²) < 4.78 is 15.3. The second kappa shape index (κ2) is 7.56. The minimum absolute atomic E-state index is 0.246. The van der Waals surface area contributed by atoms with E-state index in [0.717, 1.165) is 47.1 Å². The van der Waals surface area contributed by atoms with E-state index in [0.29, 0.717) is 11.8 Å². The molecule has 0 saturated carbocycles. The van der Waals surface area contributed by atoms with Gasteiger partial charge in [-0.1, -0.05) is 44.2 Å². The molecular formula is C25H25FN4. The first-order chi connectivity index (χ1) is 14.6. The first-order valence-corrected chi connectivity index (χ1v) is 10.5. The van der Waals surface area contributed by atoms with Crippen LogP contribution in [0, 0.1) is 17.7 Å². The smallest absolute Gasteiger partial charge is 0.158 e. The van der Waals surface area contributed by atoms with Gasteiger partial charge in [0.25, 0.3) is 0 Å². The van der Waals surface area contributed by atoms with Crippen LogP contribution >= 0.6 is 0 Å². The van der Waals surface area contributed by atoms with E-state index in [1.807, 2.05) is 28.8 Å². The van der Waals surface area contributed by atoms with Crippen molar-refractivity contribution in [2.45, 2.75) is 20.3 Å². The Morgan fingerprint density at radius 3 is 2.20 bits per heavy atom. The largest absolute Gasteiger partial charge is 0.356 e. The Labute approximate surface area is 176 Å². The predicted octanol–water partition coefficient (Wildman–Crippen LogP) is 5.68. The van der Waals surface area contributed by atoms with Crippen LogP contribution in [0.25, 0.3) is 28.2 Å². The van der Waals surface area contributed by atoms with Crippen molar-refractivity contribution >= 4 is 11.5 Å². The van der Waals surface area contributed by atoms with Crippen molar-refractivity contribution < 1.29 is 4.39 Å². The predicted molar refractivity (Wildman–Crippen MR) is 119 cm³/mol. The lowest BCUT2D eigenvalue weighted by molar-refractivity contribution is 0.354. The maximum Gasteiger partial charge on any atom is 0.158 e. The quantitative estimate of drug-likeness (QED) is 0.443. The molecule has 3 heterocycles. The fourth-order valence-corrected chi connectivity index (χ4v) is 4.55. The lowest BCUT2D eigenvalue weighted by Crippen LogP contribution is -2.39. The number of benzene rings is 2. The zero-order valence-corrected chi connectivity index (χ0v) is 17.3. The maximum absolute atomic E-state index is 13.4. The summed E-state index contributed by atoms with van der Waals surface area (Å²) in [6.45, 7) is 6.63. The second-order valence-electron chi connectivity index (χ2n) is 8.52. The Kier molecular flexibility index (Phi) is 4.74. The van der Waals surface area contributed by atoms with Gasteiger partial charge in [0.15, 0.2) is 5.65 Å². The van der Waals surface area contributed by atoms with Gasteiger partial charge < -0.3 is 4.90 Å². The molecule has 0 radical (unpaired) electrons. The van der Waals surface area contributed by atoms with Crippen LogP contribution in [0.5, 0.6) is 0 Å². The van der Waals surface area contributed by atoms with Crippen molar-refractivity contribution in [3.63, 3.8) is 0 Å². The van der Waals surface area contributed by atoms with Gasteiger partial charge in [0.2, 0.25) is 0 Å². The molecule has 2 aromatic carbocycles. The zero-order chi connectivity index (χ0) is 20.7. The number of hydrogen-bond acceptors (Lipinski definition) is 3. The molecule has 0 bridgehead atoms. The Morgan fingerprint density at radius 2 is 1.50 bits per heavy atom. The SMILES string of the molecule is CC1CC(C)CN(c2cc(-c3ccccc3)nc3cc(-c4ccc(F)cc4)nn23)C1. The number of nitrogens with zero attached hydrogens (tertiary/aromatic N) is 4. The van der Waals surface area contributed by atoms with Gasteiger partial charge in [-0.15, -0.1) is 0 Å². The number of rotatable bonds is 3. The van der Waals surface area contributed by atoms with E-state index in [4.69, 9.17) is 10.1 Å². The van der Waals surface area contributed by atoms with Crippen molar-refractivity contribution in [1.82, 2.24) is 14.6 Å². The molecule has 0 aliphatic carbocycles. The van der Waals surface area contributed by atoms with Crippen LogP contribution in [0.15, 0.2) is 66.7 Å². The van der Waals surface area contributed by atoms with Crippen LogP contribution in [-0.4, -0.2) is 27.7 Å². The third-order valence-corrected chi connectivity index (χ3v) is 5.81. The summed E-state index contributed by atoms with van der Waals surface area (Å²) in [6.07, 6.45) is 1.25. The van der Waals surface area contributed by atoms with Crippen LogP contribution in [0.2, 0.25) is 0 Å². The van der Waals surface area contributed by atoms with Crippen LogP contribution in [0.3, 0.4) is 0 Å². The summed E-state index contributed by atoms with van der Waals surface area (Å²) in [5.74, 6) is 2.07. The Hall–Kier alpha value is -3.21. The fraction of sp³-hybridized carbons (Fsp3) is 0.280. The molecule has 4 aromatic rings. The summed E-state index contributed by atoms with van der Waals surface area (Å²) in [7, 11) is 0. The minimum Gasteiger partial charge on any atom is -0.356 e. The summed E-state index contributed by atoms with van der Waals surface area (Å²) in [5.41, 5.74) is 4.51. The molecule has 1 fully saturated rings. The summed E-state index contributed by atoms with van der Waals surface area (Å²) in [6, 6.07) is 20.9. The number of fused-ring (bicyclic) bond motifs is 1. The van der Waals surface area contributed by atoms with Gasteiger partial charge in [0.05, 0.1) is 11.4 Å². The Bertz CT molecular complexity index is 1160. The van der Waals surface area contributed by atoms with Gasteiger partial charge in [0, 0.05) is 36.3 Å². The third kappa shape index (κ3) is 3.56. The highest BCUT2D eigenvalue weighted by Gasteiger charge is 2.25. The molecule has 0 spiro atoms. The average Bonchev–Trinajstić information content (AvgIpc) is 3.17. The van der Waals surface area contributed by atoms with Crippen molar-refractivity contribution in [2.24, 2.45) is 11.8 Å². The van der Waals surface area contributed by atoms with Crippen molar-refractivity contribution in [2.75, 3.05) is 18.0 Å². The molecule has 2 unspecified atom stereocenters. The minimum atomic E-state index is -0.246. The lowest BCUT2D eigenvalue weighted by Gasteiger charge is -2.36.